The summed E-state index contributed by atoms with van der Waals surface area (Å²) < 4.78 is 0. The summed E-state index contributed by atoms with van der Waals surface area (Å²) in [7, 11) is 0. The molecule has 3 rings (SSSR count). The molecule has 0 spiro atoms. The second-order valence-electron chi connectivity index (χ2n) is 4.75. The quantitative estimate of drug-likeness (QED) is 0.880. The average molecular weight is 253 g/mol. The van der Waals surface area contributed by atoms with E-state index < -0.39 is 0 Å². The molecule has 0 bridgehead atoms. The van der Waals surface area contributed by atoms with E-state index in [9.17, 15) is 0 Å². The first-order valence-electron chi connectivity index (χ1n) is 6.80. The Hall–Kier alpha value is -2.00. The minimum atomic E-state index is 1.06. The third kappa shape index (κ3) is 2.88. The van der Waals surface area contributed by atoms with Crippen molar-refractivity contribution in [3.8, 4) is 0 Å². The number of piperazine rings is 1. The first-order valence-corrected chi connectivity index (χ1v) is 6.80. The Morgan fingerprint density at radius 2 is 1.53 bits per heavy atom. The molecule has 0 aliphatic carbocycles. The Kier molecular flexibility index (Phi) is 3.65. The summed E-state index contributed by atoms with van der Waals surface area (Å²) in [6.45, 7) is 4.24. The summed E-state index contributed by atoms with van der Waals surface area (Å²) in [5.74, 6) is 0. The van der Waals surface area contributed by atoms with Gasteiger partial charge in [0.25, 0.3) is 0 Å². The third-order valence-electron chi connectivity index (χ3n) is 3.41. The van der Waals surface area contributed by atoms with Gasteiger partial charge in [0.1, 0.15) is 0 Å². The molecule has 1 heterocycles. The highest BCUT2D eigenvalue weighted by Crippen LogP contribution is 2.28. The number of hydrogen-bond acceptors (Lipinski definition) is 3. The molecular weight excluding hydrogens is 234 g/mol. The van der Waals surface area contributed by atoms with Crippen LogP contribution in [0.4, 0.5) is 17.1 Å². The summed E-state index contributed by atoms with van der Waals surface area (Å²) in [6, 6.07) is 18.8. The number of benzene rings is 2. The molecule has 0 unspecified atom stereocenters. The van der Waals surface area contributed by atoms with Crippen LogP contribution in [0.15, 0.2) is 54.6 Å². The van der Waals surface area contributed by atoms with Crippen LogP contribution < -0.4 is 15.5 Å². The Bertz CT molecular complexity index is 519. The number of anilines is 3. The van der Waals surface area contributed by atoms with E-state index in [0.29, 0.717) is 0 Å². The molecule has 2 N–H and O–H groups in total. The van der Waals surface area contributed by atoms with Crippen LogP contribution in [0.3, 0.4) is 0 Å². The van der Waals surface area contributed by atoms with Crippen molar-refractivity contribution in [1.29, 1.82) is 0 Å². The summed E-state index contributed by atoms with van der Waals surface area (Å²) in [4.78, 5) is 2.43. The molecule has 2 aromatic carbocycles. The smallest absolute Gasteiger partial charge is 0.0622 e. The van der Waals surface area contributed by atoms with Gasteiger partial charge in [-0.15, -0.1) is 0 Å². The highest BCUT2D eigenvalue weighted by Gasteiger charge is 2.13. The molecule has 0 aromatic heterocycles. The topological polar surface area (TPSA) is 27.3 Å². The molecule has 3 heteroatoms. The molecular formula is C16H19N3. The molecule has 3 nitrogen and oxygen atoms in total. The van der Waals surface area contributed by atoms with E-state index in [2.05, 4.69) is 64.1 Å². The van der Waals surface area contributed by atoms with E-state index in [1.807, 2.05) is 6.07 Å². The van der Waals surface area contributed by atoms with Crippen molar-refractivity contribution < 1.29 is 0 Å². The largest absolute Gasteiger partial charge is 0.367 e. The van der Waals surface area contributed by atoms with E-state index in [1.54, 1.807) is 0 Å². The van der Waals surface area contributed by atoms with Crippen molar-refractivity contribution in [3.63, 3.8) is 0 Å². The standard InChI is InChI=1S/C16H19N3/c1-2-6-14(7-3-1)18-15-8-4-5-9-16(15)19-12-10-17-11-13-19/h1-9,17-18H,10-13H2. The normalized spacial score (nSPS) is 15.3. The Balaban J connectivity index is 1.84. The molecule has 1 aliphatic rings. The molecule has 0 radical (unpaired) electrons. The Morgan fingerprint density at radius 3 is 2.32 bits per heavy atom. The maximum atomic E-state index is 3.51. The molecule has 0 saturated carbocycles. The second-order valence-corrected chi connectivity index (χ2v) is 4.75. The van der Waals surface area contributed by atoms with Gasteiger partial charge in [-0.2, -0.15) is 0 Å². The lowest BCUT2D eigenvalue weighted by Crippen LogP contribution is -2.43. The van der Waals surface area contributed by atoms with Crippen LogP contribution in [0.2, 0.25) is 0 Å². The van der Waals surface area contributed by atoms with E-state index in [0.717, 1.165) is 31.9 Å². The van der Waals surface area contributed by atoms with E-state index >= 15 is 0 Å². The Morgan fingerprint density at radius 1 is 0.842 bits per heavy atom. The fraction of sp³-hybridized carbons (Fsp3) is 0.250. The molecule has 1 saturated heterocycles. The van der Waals surface area contributed by atoms with Crippen molar-refractivity contribution in [2.24, 2.45) is 0 Å². The van der Waals surface area contributed by atoms with Crippen LogP contribution in [-0.4, -0.2) is 26.2 Å². The fourth-order valence-corrected chi connectivity index (χ4v) is 2.44. The summed E-state index contributed by atoms with van der Waals surface area (Å²) in [6.07, 6.45) is 0. The molecule has 98 valence electrons. The predicted molar refractivity (Wildman–Crippen MR) is 81.2 cm³/mol. The number of nitrogens with one attached hydrogen (secondary N) is 2. The molecule has 1 fully saturated rings. The summed E-state index contributed by atoms with van der Waals surface area (Å²) >= 11 is 0. The molecule has 19 heavy (non-hydrogen) atoms. The van der Waals surface area contributed by atoms with Gasteiger partial charge in [-0.25, -0.2) is 0 Å². The fourth-order valence-electron chi connectivity index (χ4n) is 2.44. The van der Waals surface area contributed by atoms with Crippen LogP contribution >= 0.6 is 0 Å². The summed E-state index contributed by atoms with van der Waals surface area (Å²) in [5, 5.41) is 6.90. The highest BCUT2D eigenvalue weighted by atomic mass is 15.2. The minimum Gasteiger partial charge on any atom is -0.367 e. The molecule has 2 aromatic rings. The first-order chi connectivity index (χ1) is 9.43. The van der Waals surface area contributed by atoms with Gasteiger partial charge in [0.05, 0.1) is 11.4 Å². The van der Waals surface area contributed by atoms with Crippen LogP contribution in [0.1, 0.15) is 0 Å². The Labute approximate surface area is 114 Å². The molecule has 0 atom stereocenters. The zero-order valence-electron chi connectivity index (χ0n) is 11.0. The maximum Gasteiger partial charge on any atom is 0.0622 e. The second kappa shape index (κ2) is 5.76. The average Bonchev–Trinajstić information content (AvgIpc) is 2.50. The monoisotopic (exact) mass is 253 g/mol. The lowest BCUT2D eigenvalue weighted by atomic mass is 10.2. The van der Waals surface area contributed by atoms with E-state index in [1.165, 1.54) is 11.4 Å². The number of nitrogens with zero attached hydrogens (tertiary/aromatic N) is 1. The first kappa shape index (κ1) is 12.1. The lowest BCUT2D eigenvalue weighted by Gasteiger charge is -2.31. The lowest BCUT2D eigenvalue weighted by molar-refractivity contribution is 0.589. The van der Waals surface area contributed by atoms with Gasteiger partial charge in [0.15, 0.2) is 0 Å². The van der Waals surface area contributed by atoms with Gasteiger partial charge < -0.3 is 15.5 Å². The zero-order chi connectivity index (χ0) is 12.9. The van der Waals surface area contributed by atoms with Gasteiger partial charge in [0.2, 0.25) is 0 Å². The number of para-hydroxylation sites is 3. The zero-order valence-corrected chi connectivity index (χ0v) is 11.0. The van der Waals surface area contributed by atoms with Crippen molar-refractivity contribution in [2.45, 2.75) is 0 Å². The predicted octanol–water partition coefficient (Wildman–Crippen LogP) is 2.84. The van der Waals surface area contributed by atoms with Gasteiger partial charge >= 0.3 is 0 Å². The highest BCUT2D eigenvalue weighted by molar-refractivity contribution is 5.75. The summed E-state index contributed by atoms with van der Waals surface area (Å²) in [5.41, 5.74) is 3.59. The number of rotatable bonds is 3. The van der Waals surface area contributed by atoms with Crippen molar-refractivity contribution in [1.82, 2.24) is 5.32 Å². The maximum absolute atomic E-state index is 3.51. The van der Waals surface area contributed by atoms with Crippen LogP contribution in [0, 0.1) is 0 Å². The minimum absolute atomic E-state index is 1.06. The van der Waals surface area contributed by atoms with Crippen LogP contribution in [0.25, 0.3) is 0 Å². The van der Waals surface area contributed by atoms with Gasteiger partial charge in [0, 0.05) is 31.9 Å². The van der Waals surface area contributed by atoms with Gasteiger partial charge in [-0.3, -0.25) is 0 Å². The SMILES string of the molecule is c1ccc(Nc2ccccc2N2CCNCC2)cc1. The molecule has 1 aliphatic heterocycles. The van der Waals surface area contributed by atoms with Crippen molar-refractivity contribution in [3.05, 3.63) is 54.6 Å². The van der Waals surface area contributed by atoms with Gasteiger partial charge in [-0.05, 0) is 24.3 Å². The number of hydrogen-bond donors (Lipinski definition) is 2. The van der Waals surface area contributed by atoms with Crippen molar-refractivity contribution in [2.75, 3.05) is 36.4 Å². The van der Waals surface area contributed by atoms with Gasteiger partial charge in [-0.1, -0.05) is 30.3 Å². The van der Waals surface area contributed by atoms with Crippen LogP contribution in [0.5, 0.6) is 0 Å². The van der Waals surface area contributed by atoms with E-state index in [-0.39, 0.29) is 0 Å². The third-order valence-corrected chi connectivity index (χ3v) is 3.41. The van der Waals surface area contributed by atoms with E-state index in [4.69, 9.17) is 0 Å². The van der Waals surface area contributed by atoms with Crippen LogP contribution in [-0.2, 0) is 0 Å². The molecule has 0 amide bonds. The van der Waals surface area contributed by atoms with Crippen molar-refractivity contribution >= 4 is 17.1 Å².